The zero-order chi connectivity index (χ0) is 15.8. The molecule has 0 saturated carbocycles. The molecule has 1 saturated heterocycles. The van der Waals surface area contributed by atoms with Gasteiger partial charge >= 0.3 is 0 Å². The van der Waals surface area contributed by atoms with Gasteiger partial charge in [0.05, 0.1) is 0 Å². The molecule has 146 valence electrons. The number of nitrogen functional groups attached to an aromatic ring is 1. The maximum atomic E-state index is 11.8. The molecular formula is C17H31Cl3N4O. The molecule has 0 unspecified atom stereocenters. The van der Waals surface area contributed by atoms with E-state index in [0.29, 0.717) is 12.8 Å². The summed E-state index contributed by atoms with van der Waals surface area (Å²) in [6.45, 7) is 6.39. The molecule has 1 aliphatic rings. The third kappa shape index (κ3) is 10.1. The Bertz CT molecular complexity index is 483. The number of carbonyl (C=O) groups excluding carboxylic acids is 1. The third-order valence-corrected chi connectivity index (χ3v) is 4.25. The number of amides is 1. The fourth-order valence-electron chi connectivity index (χ4n) is 2.70. The fraction of sp³-hybridized carbons (Fsp3) is 0.588. The molecule has 0 aliphatic carbocycles. The van der Waals surface area contributed by atoms with E-state index in [0.717, 1.165) is 56.9 Å². The first-order valence-corrected chi connectivity index (χ1v) is 8.16. The molecule has 0 spiro atoms. The van der Waals surface area contributed by atoms with E-state index in [2.05, 4.69) is 22.2 Å². The van der Waals surface area contributed by atoms with Gasteiger partial charge in [-0.2, -0.15) is 0 Å². The predicted octanol–water partition coefficient (Wildman–Crippen LogP) is 2.22. The highest BCUT2D eigenvalue weighted by molar-refractivity contribution is 5.86. The van der Waals surface area contributed by atoms with E-state index in [-0.39, 0.29) is 43.1 Å². The molecule has 1 aromatic rings. The van der Waals surface area contributed by atoms with Crippen LogP contribution in [0.25, 0.3) is 0 Å². The van der Waals surface area contributed by atoms with Crippen molar-refractivity contribution in [2.45, 2.75) is 19.3 Å². The van der Waals surface area contributed by atoms with Gasteiger partial charge in [-0.05, 0) is 38.1 Å². The highest BCUT2D eigenvalue weighted by Gasteiger charge is 2.12. The van der Waals surface area contributed by atoms with E-state index in [9.17, 15) is 4.79 Å². The third-order valence-electron chi connectivity index (χ3n) is 4.25. The Hall–Kier alpha value is -0.720. The molecule has 5 nitrogen and oxygen atoms in total. The van der Waals surface area contributed by atoms with Crippen molar-refractivity contribution in [1.29, 1.82) is 0 Å². The fourth-order valence-corrected chi connectivity index (χ4v) is 2.70. The topological polar surface area (TPSA) is 61.6 Å². The Balaban J connectivity index is 0. The van der Waals surface area contributed by atoms with E-state index in [1.807, 2.05) is 24.3 Å². The molecule has 25 heavy (non-hydrogen) atoms. The number of carbonyl (C=O) groups is 1. The number of halogens is 3. The molecule has 1 aliphatic heterocycles. The lowest BCUT2D eigenvalue weighted by molar-refractivity contribution is -0.121. The normalized spacial score (nSPS) is 14.6. The molecule has 0 bridgehead atoms. The largest absolute Gasteiger partial charge is 0.399 e. The molecule has 8 heteroatoms. The van der Waals surface area contributed by atoms with Gasteiger partial charge in [-0.1, -0.05) is 18.2 Å². The zero-order valence-corrected chi connectivity index (χ0v) is 17.2. The van der Waals surface area contributed by atoms with Gasteiger partial charge in [-0.15, -0.1) is 37.2 Å². The first kappa shape index (κ1) is 26.5. The first-order valence-electron chi connectivity index (χ1n) is 8.16. The Kier molecular flexibility index (Phi) is 15.3. The average Bonchev–Trinajstić information content (AvgIpc) is 2.52. The molecule has 0 radical (unpaired) electrons. The van der Waals surface area contributed by atoms with E-state index in [1.54, 1.807) is 0 Å². The number of aryl methyl sites for hydroxylation is 1. The second kappa shape index (κ2) is 14.4. The number of para-hydroxylation sites is 1. The quantitative estimate of drug-likeness (QED) is 0.531. The van der Waals surface area contributed by atoms with Crippen LogP contribution in [-0.4, -0.2) is 62.0 Å². The number of hydrogen-bond donors (Lipinski definition) is 2. The van der Waals surface area contributed by atoms with Gasteiger partial charge in [-0.25, -0.2) is 0 Å². The first-order chi connectivity index (χ1) is 10.6. The van der Waals surface area contributed by atoms with E-state index in [4.69, 9.17) is 5.73 Å². The number of hydrogen-bond acceptors (Lipinski definition) is 4. The van der Waals surface area contributed by atoms with Crippen LogP contribution in [0.1, 0.15) is 18.4 Å². The van der Waals surface area contributed by atoms with Crippen molar-refractivity contribution in [3.05, 3.63) is 29.8 Å². The lowest BCUT2D eigenvalue weighted by atomic mass is 10.1. The minimum absolute atomic E-state index is 0. The summed E-state index contributed by atoms with van der Waals surface area (Å²) in [6, 6.07) is 7.73. The van der Waals surface area contributed by atoms with Crippen molar-refractivity contribution in [2.24, 2.45) is 0 Å². The van der Waals surface area contributed by atoms with Crippen LogP contribution in [0.5, 0.6) is 0 Å². The van der Waals surface area contributed by atoms with Gasteiger partial charge in [0.15, 0.2) is 0 Å². The smallest absolute Gasteiger partial charge is 0.220 e. The van der Waals surface area contributed by atoms with Crippen molar-refractivity contribution >= 4 is 48.8 Å². The molecule has 1 amide bonds. The summed E-state index contributed by atoms with van der Waals surface area (Å²) in [4.78, 5) is 16.7. The molecule has 0 aromatic heterocycles. The SMILES string of the molecule is CN1CCN(CCCNC(=O)CCc2ccccc2N)CC1.Cl.Cl.Cl. The zero-order valence-electron chi connectivity index (χ0n) is 14.8. The number of rotatable bonds is 7. The Morgan fingerprint density at radius 1 is 1.12 bits per heavy atom. The van der Waals surface area contributed by atoms with Gasteiger partial charge < -0.3 is 20.9 Å². The number of likely N-dealkylation sites (N-methyl/N-ethyl adjacent to an activating group) is 1. The predicted molar refractivity (Wildman–Crippen MR) is 112 cm³/mol. The second-order valence-corrected chi connectivity index (χ2v) is 6.05. The van der Waals surface area contributed by atoms with Crippen molar-refractivity contribution in [1.82, 2.24) is 15.1 Å². The summed E-state index contributed by atoms with van der Waals surface area (Å²) in [5.41, 5.74) is 7.70. The van der Waals surface area contributed by atoms with Crippen LogP contribution in [0, 0.1) is 0 Å². The number of benzene rings is 1. The minimum Gasteiger partial charge on any atom is -0.399 e. The van der Waals surface area contributed by atoms with Crippen molar-refractivity contribution in [2.75, 3.05) is 52.0 Å². The van der Waals surface area contributed by atoms with Crippen molar-refractivity contribution < 1.29 is 4.79 Å². The van der Waals surface area contributed by atoms with E-state index >= 15 is 0 Å². The van der Waals surface area contributed by atoms with Crippen LogP contribution in [-0.2, 0) is 11.2 Å². The van der Waals surface area contributed by atoms with E-state index < -0.39 is 0 Å². The number of piperazine rings is 1. The summed E-state index contributed by atoms with van der Waals surface area (Å²) in [6.07, 6.45) is 2.22. The maximum Gasteiger partial charge on any atom is 0.220 e. The van der Waals surface area contributed by atoms with Crippen molar-refractivity contribution in [3.63, 3.8) is 0 Å². The van der Waals surface area contributed by atoms with Crippen LogP contribution in [0.3, 0.4) is 0 Å². The Labute approximate surface area is 169 Å². The van der Waals surface area contributed by atoms with Gasteiger partial charge in [-0.3, -0.25) is 4.79 Å². The summed E-state index contributed by atoms with van der Waals surface area (Å²) < 4.78 is 0. The lowest BCUT2D eigenvalue weighted by Gasteiger charge is -2.32. The highest BCUT2D eigenvalue weighted by atomic mass is 35.5. The maximum absolute atomic E-state index is 11.8. The van der Waals surface area contributed by atoms with Crippen LogP contribution < -0.4 is 11.1 Å². The minimum atomic E-state index is 0. The highest BCUT2D eigenvalue weighted by Crippen LogP contribution is 2.12. The molecule has 1 heterocycles. The molecule has 2 rings (SSSR count). The molecule has 1 aromatic carbocycles. The van der Waals surface area contributed by atoms with Crippen LogP contribution in [0.15, 0.2) is 24.3 Å². The monoisotopic (exact) mass is 412 g/mol. The molecule has 1 fully saturated rings. The number of nitrogens with two attached hydrogens (primary N) is 1. The standard InChI is InChI=1S/C17H28N4O.3ClH/c1-20-11-13-21(14-12-20)10-4-9-19-17(22)8-7-15-5-2-3-6-16(15)18;;;/h2-3,5-6H,4,7-14,18H2,1H3,(H,19,22);3*1H. The molecule has 3 N–H and O–H groups in total. The van der Waals surface area contributed by atoms with E-state index in [1.165, 1.54) is 0 Å². The number of nitrogens with zero attached hydrogens (tertiary/aromatic N) is 2. The number of anilines is 1. The van der Waals surface area contributed by atoms with Crippen LogP contribution >= 0.6 is 37.2 Å². The van der Waals surface area contributed by atoms with Gasteiger partial charge in [0, 0.05) is 44.8 Å². The summed E-state index contributed by atoms with van der Waals surface area (Å²) in [7, 11) is 2.16. The Morgan fingerprint density at radius 2 is 1.76 bits per heavy atom. The van der Waals surface area contributed by atoms with Crippen LogP contribution in [0.4, 0.5) is 5.69 Å². The van der Waals surface area contributed by atoms with Crippen molar-refractivity contribution in [3.8, 4) is 0 Å². The second-order valence-electron chi connectivity index (χ2n) is 6.05. The van der Waals surface area contributed by atoms with Crippen LogP contribution in [0.2, 0.25) is 0 Å². The summed E-state index contributed by atoms with van der Waals surface area (Å²) >= 11 is 0. The summed E-state index contributed by atoms with van der Waals surface area (Å²) in [5, 5.41) is 3.00. The lowest BCUT2D eigenvalue weighted by Crippen LogP contribution is -2.45. The molecule has 0 atom stereocenters. The Morgan fingerprint density at radius 3 is 2.40 bits per heavy atom. The average molecular weight is 414 g/mol. The number of nitrogens with one attached hydrogen (secondary N) is 1. The van der Waals surface area contributed by atoms with Gasteiger partial charge in [0.2, 0.25) is 5.91 Å². The van der Waals surface area contributed by atoms with Gasteiger partial charge in [0.25, 0.3) is 0 Å². The molecular weight excluding hydrogens is 383 g/mol. The van der Waals surface area contributed by atoms with Gasteiger partial charge in [0.1, 0.15) is 0 Å². The summed E-state index contributed by atoms with van der Waals surface area (Å²) in [5.74, 6) is 0.113.